The summed E-state index contributed by atoms with van der Waals surface area (Å²) in [6.45, 7) is 7.64. The van der Waals surface area contributed by atoms with Gasteiger partial charge in [0.2, 0.25) is 0 Å². The lowest BCUT2D eigenvalue weighted by Gasteiger charge is -2.35. The first kappa shape index (κ1) is 28.3. The fraction of sp³-hybridized carbons (Fsp3) is 0.400. The first-order valence-corrected chi connectivity index (χ1v) is 13.2. The summed E-state index contributed by atoms with van der Waals surface area (Å²) in [5.74, 6) is -0.608. The summed E-state index contributed by atoms with van der Waals surface area (Å²) in [5.41, 5.74) is 4.34. The number of nitriles is 1. The van der Waals surface area contributed by atoms with Crippen LogP contribution in [0.3, 0.4) is 0 Å². The highest BCUT2D eigenvalue weighted by Gasteiger charge is 2.37. The van der Waals surface area contributed by atoms with E-state index >= 15 is 0 Å². The lowest BCUT2D eigenvalue weighted by atomic mass is 10.00. The summed E-state index contributed by atoms with van der Waals surface area (Å²) in [5, 5.41) is 44.2. The Hall–Kier alpha value is -3.68. The number of nitrogens with zero attached hydrogens (tertiary/aromatic N) is 3. The largest absolute Gasteiger partial charge is 0.388 e. The topological polar surface area (TPSA) is 131 Å². The lowest BCUT2D eigenvalue weighted by molar-refractivity contribution is -0.185. The molecule has 9 nitrogen and oxygen atoms in total. The number of carbonyl (C=O) groups excluding carboxylic acids is 1. The Balaban J connectivity index is 1.55. The van der Waals surface area contributed by atoms with E-state index in [0.717, 1.165) is 40.8 Å². The lowest BCUT2D eigenvalue weighted by Crippen LogP contribution is -2.56. The molecule has 0 radical (unpaired) electrons. The van der Waals surface area contributed by atoms with Crippen molar-refractivity contribution in [2.75, 3.05) is 31.1 Å². The number of aliphatic hydroxyl groups excluding tert-OH is 3. The van der Waals surface area contributed by atoms with E-state index in [9.17, 15) is 25.4 Å². The number of benzene rings is 2. The van der Waals surface area contributed by atoms with Crippen LogP contribution >= 0.6 is 0 Å². The van der Waals surface area contributed by atoms with Gasteiger partial charge in [-0.15, -0.1) is 0 Å². The summed E-state index contributed by atoms with van der Waals surface area (Å²) in [6.07, 6.45) is -4.81. The van der Waals surface area contributed by atoms with Gasteiger partial charge in [0, 0.05) is 43.8 Å². The number of rotatable bonds is 8. The first-order valence-electron chi connectivity index (χ1n) is 13.2. The molecule has 1 amide bonds. The van der Waals surface area contributed by atoms with Crippen molar-refractivity contribution in [2.45, 2.75) is 45.2 Å². The Kier molecular flexibility index (Phi) is 8.73. The molecule has 206 valence electrons. The van der Waals surface area contributed by atoms with Crippen LogP contribution in [0.4, 0.5) is 5.69 Å². The van der Waals surface area contributed by atoms with Crippen molar-refractivity contribution in [3.05, 3.63) is 59.8 Å². The maximum atomic E-state index is 12.9. The van der Waals surface area contributed by atoms with E-state index in [1.807, 2.05) is 29.8 Å². The van der Waals surface area contributed by atoms with Gasteiger partial charge in [0.1, 0.15) is 36.1 Å². The monoisotopic (exact) mass is 532 g/mol. The standard InChI is InChI=1S/C30H36N4O5/c1-5-34(6-2)22-10-9-19-13-21(8-7-20(19)14-22)25-12-11-24(33(25)4)18(3)23(15-31)30(38)32-16-27-29(37)28(36)26(35)17-39-27/h7-14,26-29,35-37H,5-6,16-17H2,1-4H3,(H,32,38). The molecule has 2 aromatic carbocycles. The fourth-order valence-electron chi connectivity index (χ4n) is 5.12. The van der Waals surface area contributed by atoms with Gasteiger partial charge in [-0.1, -0.05) is 18.2 Å². The molecule has 0 aliphatic carbocycles. The van der Waals surface area contributed by atoms with E-state index in [1.165, 1.54) is 5.69 Å². The fourth-order valence-corrected chi connectivity index (χ4v) is 5.12. The summed E-state index contributed by atoms with van der Waals surface area (Å²) in [6, 6.07) is 18.6. The van der Waals surface area contributed by atoms with Crippen LogP contribution in [0.2, 0.25) is 0 Å². The van der Waals surface area contributed by atoms with Crippen LogP contribution in [0.5, 0.6) is 0 Å². The molecule has 4 N–H and O–H groups in total. The molecule has 4 rings (SSSR count). The Morgan fingerprint density at radius 3 is 2.46 bits per heavy atom. The van der Waals surface area contributed by atoms with Gasteiger partial charge in [0.25, 0.3) is 5.91 Å². The zero-order chi connectivity index (χ0) is 28.3. The number of amides is 1. The van der Waals surface area contributed by atoms with Gasteiger partial charge in [-0.05, 0) is 73.0 Å². The van der Waals surface area contributed by atoms with Crippen molar-refractivity contribution >= 4 is 27.9 Å². The zero-order valence-electron chi connectivity index (χ0n) is 22.8. The van der Waals surface area contributed by atoms with Crippen LogP contribution in [0.15, 0.2) is 54.1 Å². The number of hydrogen-bond acceptors (Lipinski definition) is 7. The van der Waals surface area contributed by atoms with Crippen LogP contribution in [0.1, 0.15) is 26.5 Å². The summed E-state index contributed by atoms with van der Waals surface area (Å²) in [4.78, 5) is 15.2. The van der Waals surface area contributed by atoms with Crippen molar-refractivity contribution in [1.82, 2.24) is 9.88 Å². The summed E-state index contributed by atoms with van der Waals surface area (Å²) < 4.78 is 7.29. The number of ether oxygens (including phenoxy) is 1. The van der Waals surface area contributed by atoms with Gasteiger partial charge in [-0.2, -0.15) is 5.26 Å². The maximum absolute atomic E-state index is 12.9. The molecule has 1 aromatic heterocycles. The second-order valence-electron chi connectivity index (χ2n) is 9.82. The van der Waals surface area contributed by atoms with E-state index < -0.39 is 30.3 Å². The molecule has 9 heteroatoms. The minimum Gasteiger partial charge on any atom is -0.388 e. The highest BCUT2D eigenvalue weighted by Crippen LogP contribution is 2.30. The van der Waals surface area contributed by atoms with E-state index in [1.54, 1.807) is 6.92 Å². The van der Waals surface area contributed by atoms with E-state index in [2.05, 4.69) is 60.5 Å². The molecule has 1 aliphatic heterocycles. The number of nitrogens with one attached hydrogen (secondary N) is 1. The minimum atomic E-state index is -1.37. The van der Waals surface area contributed by atoms with Gasteiger partial charge in [-0.25, -0.2) is 0 Å². The summed E-state index contributed by atoms with van der Waals surface area (Å²) in [7, 11) is 1.90. The molecular weight excluding hydrogens is 496 g/mol. The number of aromatic nitrogens is 1. The molecule has 2 heterocycles. The average Bonchev–Trinajstić information content (AvgIpc) is 3.33. The van der Waals surface area contributed by atoms with E-state index in [0.29, 0.717) is 5.57 Å². The van der Waals surface area contributed by atoms with Gasteiger partial charge in [-0.3, -0.25) is 4.79 Å². The molecule has 4 unspecified atom stereocenters. The number of fused-ring (bicyclic) bond motifs is 1. The highest BCUT2D eigenvalue weighted by molar-refractivity contribution is 6.04. The van der Waals surface area contributed by atoms with Crippen LogP contribution in [-0.2, 0) is 16.6 Å². The Labute approximate surface area is 228 Å². The Bertz CT molecular complexity index is 1420. The molecule has 3 aromatic rings. The maximum Gasteiger partial charge on any atom is 0.262 e. The van der Waals surface area contributed by atoms with Crippen LogP contribution < -0.4 is 10.2 Å². The van der Waals surface area contributed by atoms with Gasteiger partial charge in [0.15, 0.2) is 0 Å². The molecule has 1 saturated heterocycles. The van der Waals surface area contributed by atoms with Gasteiger partial charge in [0.05, 0.1) is 6.61 Å². The molecule has 0 bridgehead atoms. The van der Waals surface area contributed by atoms with Crippen molar-refractivity contribution in [3.8, 4) is 17.3 Å². The van der Waals surface area contributed by atoms with E-state index in [-0.39, 0.29) is 18.7 Å². The predicted molar refractivity (Wildman–Crippen MR) is 151 cm³/mol. The quantitative estimate of drug-likeness (QED) is 0.259. The third-order valence-corrected chi connectivity index (χ3v) is 7.54. The minimum absolute atomic E-state index is 0.0592. The predicted octanol–water partition coefficient (Wildman–Crippen LogP) is 2.59. The van der Waals surface area contributed by atoms with Crippen LogP contribution in [0, 0.1) is 11.3 Å². The Morgan fingerprint density at radius 2 is 1.77 bits per heavy atom. The highest BCUT2D eigenvalue weighted by atomic mass is 16.5. The SMILES string of the molecule is CCN(CC)c1ccc2cc(-c3ccc(C(C)=C(C#N)C(=O)NCC4OCC(O)C(O)C4O)n3C)ccc2c1. The van der Waals surface area contributed by atoms with Crippen LogP contribution in [-0.4, -0.2) is 76.5 Å². The van der Waals surface area contributed by atoms with Crippen molar-refractivity contribution < 1.29 is 24.9 Å². The van der Waals surface area contributed by atoms with Crippen LogP contribution in [0.25, 0.3) is 27.6 Å². The third-order valence-electron chi connectivity index (χ3n) is 7.54. The second-order valence-corrected chi connectivity index (χ2v) is 9.82. The molecule has 1 fully saturated rings. The molecular formula is C30H36N4O5. The number of hydrogen-bond donors (Lipinski definition) is 4. The van der Waals surface area contributed by atoms with Gasteiger partial charge < -0.3 is 34.8 Å². The van der Waals surface area contributed by atoms with Gasteiger partial charge >= 0.3 is 0 Å². The zero-order valence-corrected chi connectivity index (χ0v) is 22.8. The number of anilines is 1. The normalized spacial score (nSPS) is 21.8. The van der Waals surface area contributed by atoms with Crippen molar-refractivity contribution in [3.63, 3.8) is 0 Å². The summed E-state index contributed by atoms with van der Waals surface area (Å²) >= 11 is 0. The van der Waals surface area contributed by atoms with E-state index in [4.69, 9.17) is 4.74 Å². The Morgan fingerprint density at radius 1 is 1.08 bits per heavy atom. The first-order chi connectivity index (χ1) is 18.7. The number of allylic oxidation sites excluding steroid dienone is 1. The average molecular weight is 533 g/mol. The molecule has 39 heavy (non-hydrogen) atoms. The second kappa shape index (κ2) is 12.0. The molecule has 4 atom stereocenters. The van der Waals surface area contributed by atoms with Crippen molar-refractivity contribution in [1.29, 1.82) is 5.26 Å². The third kappa shape index (κ3) is 5.70. The molecule has 0 saturated carbocycles. The van der Waals surface area contributed by atoms with Crippen molar-refractivity contribution in [2.24, 2.45) is 7.05 Å². The number of carbonyl (C=O) groups is 1. The smallest absolute Gasteiger partial charge is 0.262 e. The molecule has 0 spiro atoms. The molecule has 1 aliphatic rings. The number of aliphatic hydroxyl groups is 3.